The van der Waals surface area contributed by atoms with Gasteiger partial charge < -0.3 is 26.1 Å². The van der Waals surface area contributed by atoms with Crippen LogP contribution in [0.4, 0.5) is 0 Å². The molecule has 0 aliphatic rings. The summed E-state index contributed by atoms with van der Waals surface area (Å²) in [5, 5.41) is 24.3. The van der Waals surface area contributed by atoms with Gasteiger partial charge in [0.2, 0.25) is 0 Å². The Bertz CT molecular complexity index is 475. The van der Waals surface area contributed by atoms with Crippen molar-refractivity contribution in [3.63, 3.8) is 0 Å². The van der Waals surface area contributed by atoms with Gasteiger partial charge in [-0.15, -0.1) is 0 Å². The minimum atomic E-state index is 0.0180. The Labute approximate surface area is 125 Å². The lowest BCUT2D eigenvalue weighted by atomic mass is 10.0. The molecule has 0 saturated heterocycles. The van der Waals surface area contributed by atoms with E-state index in [-0.39, 0.29) is 18.5 Å². The van der Waals surface area contributed by atoms with Crippen LogP contribution in [0.5, 0.6) is 5.75 Å². The molecule has 0 radical (unpaired) electrons. The SMILES string of the molecule is COc1ccc(CNC(CCO)C(C)C)cc1/C(N)=N/O. The van der Waals surface area contributed by atoms with Crippen LogP contribution in [0.15, 0.2) is 23.4 Å². The van der Waals surface area contributed by atoms with E-state index in [0.717, 1.165) is 5.56 Å². The number of oxime groups is 1. The second kappa shape index (κ2) is 8.49. The van der Waals surface area contributed by atoms with Crippen LogP contribution < -0.4 is 15.8 Å². The molecule has 1 aromatic rings. The predicted octanol–water partition coefficient (Wildman–Crippen LogP) is 1.29. The van der Waals surface area contributed by atoms with Crippen LogP contribution in [0.25, 0.3) is 0 Å². The van der Waals surface area contributed by atoms with E-state index >= 15 is 0 Å². The van der Waals surface area contributed by atoms with Crippen molar-refractivity contribution < 1.29 is 15.1 Å². The lowest BCUT2D eigenvalue weighted by molar-refractivity contribution is 0.244. The average molecular weight is 295 g/mol. The van der Waals surface area contributed by atoms with Crippen molar-refractivity contribution in [1.82, 2.24) is 5.32 Å². The average Bonchev–Trinajstić information content (AvgIpc) is 2.50. The van der Waals surface area contributed by atoms with Gasteiger partial charge in [0.25, 0.3) is 0 Å². The molecule has 118 valence electrons. The van der Waals surface area contributed by atoms with Crippen molar-refractivity contribution in [1.29, 1.82) is 0 Å². The number of nitrogens with zero attached hydrogens (tertiary/aromatic N) is 1. The molecule has 0 fully saturated rings. The summed E-state index contributed by atoms with van der Waals surface area (Å²) in [4.78, 5) is 0. The Kier molecular flexibility index (Phi) is 6.98. The zero-order valence-electron chi connectivity index (χ0n) is 12.8. The standard InChI is InChI=1S/C15H25N3O3/c1-10(2)13(6-7-19)17-9-11-4-5-14(21-3)12(8-11)15(16)18-20/h4-5,8,10,13,17,19-20H,6-7,9H2,1-3H3,(H2,16,18). The van der Waals surface area contributed by atoms with Crippen molar-refractivity contribution in [2.24, 2.45) is 16.8 Å². The van der Waals surface area contributed by atoms with Crippen molar-refractivity contribution in [3.8, 4) is 5.75 Å². The van der Waals surface area contributed by atoms with E-state index in [1.807, 2.05) is 12.1 Å². The maximum atomic E-state index is 9.08. The maximum Gasteiger partial charge on any atom is 0.173 e. The zero-order chi connectivity index (χ0) is 15.8. The first-order valence-corrected chi connectivity index (χ1v) is 7.02. The molecular formula is C15H25N3O3. The van der Waals surface area contributed by atoms with Gasteiger partial charge in [0, 0.05) is 19.2 Å². The highest BCUT2D eigenvalue weighted by Gasteiger charge is 2.13. The predicted molar refractivity (Wildman–Crippen MR) is 82.7 cm³/mol. The third-order valence-corrected chi connectivity index (χ3v) is 3.46. The van der Waals surface area contributed by atoms with E-state index in [4.69, 9.17) is 20.8 Å². The summed E-state index contributed by atoms with van der Waals surface area (Å²) in [5.74, 6) is 1.01. The molecule has 0 spiro atoms. The van der Waals surface area contributed by atoms with E-state index in [9.17, 15) is 0 Å². The van der Waals surface area contributed by atoms with Crippen LogP contribution in [0, 0.1) is 5.92 Å². The van der Waals surface area contributed by atoms with Gasteiger partial charge in [0.15, 0.2) is 5.84 Å². The van der Waals surface area contributed by atoms with Crippen LogP contribution in [-0.4, -0.2) is 35.9 Å². The molecule has 0 saturated carbocycles. The van der Waals surface area contributed by atoms with E-state index in [0.29, 0.717) is 30.2 Å². The number of amidine groups is 1. The fraction of sp³-hybridized carbons (Fsp3) is 0.533. The lowest BCUT2D eigenvalue weighted by Crippen LogP contribution is -2.34. The van der Waals surface area contributed by atoms with Crippen LogP contribution in [-0.2, 0) is 6.54 Å². The Morgan fingerprint density at radius 3 is 2.67 bits per heavy atom. The number of nitrogens with two attached hydrogens (primary N) is 1. The highest BCUT2D eigenvalue weighted by Crippen LogP contribution is 2.20. The number of methoxy groups -OCH3 is 1. The number of aliphatic hydroxyl groups is 1. The van der Waals surface area contributed by atoms with E-state index in [1.165, 1.54) is 7.11 Å². The van der Waals surface area contributed by atoms with Gasteiger partial charge in [0.1, 0.15) is 5.75 Å². The highest BCUT2D eigenvalue weighted by molar-refractivity contribution is 5.99. The Morgan fingerprint density at radius 2 is 2.14 bits per heavy atom. The maximum absolute atomic E-state index is 9.08. The second-order valence-corrected chi connectivity index (χ2v) is 5.26. The smallest absolute Gasteiger partial charge is 0.173 e. The number of aliphatic hydroxyl groups excluding tert-OH is 1. The molecule has 1 rings (SSSR count). The van der Waals surface area contributed by atoms with Crippen LogP contribution in [0.1, 0.15) is 31.4 Å². The molecule has 1 aromatic carbocycles. The van der Waals surface area contributed by atoms with Crippen molar-refractivity contribution in [3.05, 3.63) is 29.3 Å². The topological polar surface area (TPSA) is 100 Å². The molecule has 0 aliphatic heterocycles. The van der Waals surface area contributed by atoms with Gasteiger partial charge in [-0.05, 0) is 30.0 Å². The first kappa shape index (κ1) is 17.3. The zero-order valence-corrected chi connectivity index (χ0v) is 12.8. The molecular weight excluding hydrogens is 270 g/mol. The number of nitrogens with one attached hydrogen (secondary N) is 1. The normalized spacial score (nSPS) is 13.5. The van der Waals surface area contributed by atoms with Crippen molar-refractivity contribution in [2.45, 2.75) is 32.9 Å². The fourth-order valence-electron chi connectivity index (χ4n) is 2.18. The van der Waals surface area contributed by atoms with E-state index in [1.54, 1.807) is 6.07 Å². The minimum absolute atomic E-state index is 0.0180. The van der Waals surface area contributed by atoms with Gasteiger partial charge in [0.05, 0.1) is 12.7 Å². The van der Waals surface area contributed by atoms with Crippen molar-refractivity contribution in [2.75, 3.05) is 13.7 Å². The molecule has 6 nitrogen and oxygen atoms in total. The summed E-state index contributed by atoms with van der Waals surface area (Å²) in [6, 6.07) is 5.79. The Hall–Kier alpha value is -1.79. The summed E-state index contributed by atoms with van der Waals surface area (Å²) >= 11 is 0. The Morgan fingerprint density at radius 1 is 1.43 bits per heavy atom. The molecule has 0 aromatic heterocycles. The van der Waals surface area contributed by atoms with E-state index < -0.39 is 0 Å². The number of benzene rings is 1. The number of rotatable bonds is 8. The molecule has 0 bridgehead atoms. The third kappa shape index (κ3) is 4.91. The highest BCUT2D eigenvalue weighted by atomic mass is 16.5. The number of ether oxygens (including phenoxy) is 1. The summed E-state index contributed by atoms with van der Waals surface area (Å²) in [5.41, 5.74) is 7.22. The molecule has 1 unspecified atom stereocenters. The summed E-state index contributed by atoms with van der Waals surface area (Å²) in [6.45, 7) is 5.03. The fourth-order valence-corrected chi connectivity index (χ4v) is 2.18. The summed E-state index contributed by atoms with van der Waals surface area (Å²) in [7, 11) is 1.54. The van der Waals surface area contributed by atoms with Crippen LogP contribution in [0.3, 0.4) is 0 Å². The van der Waals surface area contributed by atoms with Crippen LogP contribution in [0.2, 0.25) is 0 Å². The van der Waals surface area contributed by atoms with Gasteiger partial charge >= 0.3 is 0 Å². The first-order valence-electron chi connectivity index (χ1n) is 7.02. The molecule has 0 heterocycles. The van der Waals surface area contributed by atoms with Gasteiger partial charge in [-0.25, -0.2) is 0 Å². The third-order valence-electron chi connectivity index (χ3n) is 3.46. The lowest BCUT2D eigenvalue weighted by Gasteiger charge is -2.22. The molecule has 1 atom stereocenters. The second-order valence-electron chi connectivity index (χ2n) is 5.26. The molecule has 21 heavy (non-hydrogen) atoms. The number of hydrogen-bond donors (Lipinski definition) is 4. The number of hydrogen-bond acceptors (Lipinski definition) is 5. The molecule has 5 N–H and O–H groups in total. The molecule has 0 aliphatic carbocycles. The quantitative estimate of drug-likeness (QED) is 0.251. The molecule has 6 heteroatoms. The van der Waals surface area contributed by atoms with E-state index in [2.05, 4.69) is 24.3 Å². The van der Waals surface area contributed by atoms with Crippen LogP contribution >= 0.6 is 0 Å². The van der Waals surface area contributed by atoms with Gasteiger partial charge in [-0.2, -0.15) is 0 Å². The first-order chi connectivity index (χ1) is 10.0. The summed E-state index contributed by atoms with van der Waals surface area (Å²) in [6.07, 6.45) is 0.709. The molecule has 0 amide bonds. The summed E-state index contributed by atoms with van der Waals surface area (Å²) < 4.78 is 5.20. The Balaban J connectivity index is 2.85. The monoisotopic (exact) mass is 295 g/mol. The largest absolute Gasteiger partial charge is 0.496 e. The minimum Gasteiger partial charge on any atom is -0.496 e. The van der Waals surface area contributed by atoms with Gasteiger partial charge in [-0.1, -0.05) is 25.1 Å². The van der Waals surface area contributed by atoms with Gasteiger partial charge in [-0.3, -0.25) is 0 Å². The van der Waals surface area contributed by atoms with Crippen molar-refractivity contribution >= 4 is 5.84 Å².